The molecule has 0 bridgehead atoms. The molecule has 1 saturated carbocycles. The van der Waals surface area contributed by atoms with Gasteiger partial charge in [-0.05, 0) is 75.6 Å². The van der Waals surface area contributed by atoms with E-state index in [1.165, 1.54) is 29.7 Å². The molecule has 27 heavy (non-hydrogen) atoms. The van der Waals surface area contributed by atoms with Crippen molar-refractivity contribution in [1.29, 1.82) is 0 Å². The van der Waals surface area contributed by atoms with Crippen LogP contribution < -0.4 is 4.90 Å². The van der Waals surface area contributed by atoms with E-state index in [9.17, 15) is 4.79 Å². The standard InChI is InChI=1S/C24H36N2O/c1-16-6-11-21-19(14-16)20-15-25(5)13-12-22(20)26(21)23(27)17-7-9-18(10-8-17)24(2,3)4/h6,11,14,17-18,20,22H,7-10,12-13,15H2,1-5H3/t17?,18?,20-,22-/m1/s1. The molecule has 0 unspecified atom stereocenters. The molecule has 0 aromatic heterocycles. The van der Waals surface area contributed by atoms with Crippen molar-refractivity contribution in [2.75, 3.05) is 25.0 Å². The second-order valence-electron chi connectivity index (χ2n) is 10.4. The number of hydrogen-bond donors (Lipinski definition) is 0. The highest BCUT2D eigenvalue weighted by Crippen LogP contribution is 2.47. The predicted molar refractivity (Wildman–Crippen MR) is 112 cm³/mol. The number of carbonyl (C=O) groups excluding carboxylic acids is 1. The molecule has 1 saturated heterocycles. The minimum absolute atomic E-state index is 0.219. The van der Waals surface area contributed by atoms with Gasteiger partial charge in [0.05, 0.1) is 0 Å². The van der Waals surface area contributed by atoms with Crippen molar-refractivity contribution in [3.8, 4) is 0 Å². The molecule has 1 aliphatic carbocycles. The Morgan fingerprint density at radius 3 is 2.44 bits per heavy atom. The number of anilines is 1. The molecule has 1 amide bonds. The molecule has 0 N–H and O–H groups in total. The summed E-state index contributed by atoms with van der Waals surface area (Å²) < 4.78 is 0. The summed E-state index contributed by atoms with van der Waals surface area (Å²) in [4.78, 5) is 18.3. The first-order valence-electron chi connectivity index (χ1n) is 10.9. The van der Waals surface area contributed by atoms with Crippen LogP contribution in [0.5, 0.6) is 0 Å². The molecule has 0 radical (unpaired) electrons. The van der Waals surface area contributed by atoms with Crippen molar-refractivity contribution in [2.45, 2.75) is 71.8 Å². The second-order valence-corrected chi connectivity index (χ2v) is 10.4. The van der Waals surface area contributed by atoms with Gasteiger partial charge in [0.1, 0.15) is 0 Å². The van der Waals surface area contributed by atoms with Crippen molar-refractivity contribution in [3.63, 3.8) is 0 Å². The summed E-state index contributed by atoms with van der Waals surface area (Å²) in [7, 11) is 2.21. The van der Waals surface area contributed by atoms with E-state index in [0.29, 0.717) is 23.3 Å². The largest absolute Gasteiger partial charge is 0.308 e. The van der Waals surface area contributed by atoms with E-state index in [0.717, 1.165) is 38.3 Å². The Kier molecular flexibility index (Phi) is 4.86. The van der Waals surface area contributed by atoms with Gasteiger partial charge in [-0.25, -0.2) is 0 Å². The van der Waals surface area contributed by atoms with E-state index in [1.54, 1.807) is 0 Å². The molecule has 4 rings (SSSR count). The molecule has 1 aromatic rings. The molecule has 3 heteroatoms. The Bertz CT molecular complexity index is 712. The number of amides is 1. The monoisotopic (exact) mass is 368 g/mol. The SMILES string of the molecule is Cc1ccc2c(c1)[C@H]1CN(C)CC[C@H]1N2C(=O)C1CCC(C(C)(C)C)CC1. The number of likely N-dealkylation sites (N-methyl/N-ethyl adjacent to an activating group) is 1. The molecular formula is C24H36N2O. The number of likely N-dealkylation sites (tertiary alicyclic amines) is 1. The first-order chi connectivity index (χ1) is 12.8. The Morgan fingerprint density at radius 1 is 1.07 bits per heavy atom. The van der Waals surface area contributed by atoms with E-state index in [-0.39, 0.29) is 5.92 Å². The van der Waals surface area contributed by atoms with Gasteiger partial charge in [-0.2, -0.15) is 0 Å². The van der Waals surface area contributed by atoms with Gasteiger partial charge in [0.15, 0.2) is 0 Å². The Hall–Kier alpha value is -1.35. The van der Waals surface area contributed by atoms with Gasteiger partial charge in [-0.15, -0.1) is 0 Å². The minimum Gasteiger partial charge on any atom is -0.308 e. The lowest BCUT2D eigenvalue weighted by Gasteiger charge is -2.40. The third-order valence-electron chi connectivity index (χ3n) is 7.49. The van der Waals surface area contributed by atoms with Gasteiger partial charge in [-0.3, -0.25) is 4.79 Å². The quantitative estimate of drug-likeness (QED) is 0.698. The Balaban J connectivity index is 1.57. The lowest BCUT2D eigenvalue weighted by molar-refractivity contribution is -0.124. The number of rotatable bonds is 1. The third kappa shape index (κ3) is 3.44. The molecule has 1 aromatic carbocycles. The summed E-state index contributed by atoms with van der Waals surface area (Å²) in [5.41, 5.74) is 4.28. The minimum atomic E-state index is 0.219. The summed E-state index contributed by atoms with van der Waals surface area (Å²) in [6.45, 7) is 11.4. The Morgan fingerprint density at radius 2 is 1.78 bits per heavy atom. The normalized spacial score (nSPS) is 31.5. The van der Waals surface area contributed by atoms with Crippen LogP contribution in [0.15, 0.2) is 18.2 Å². The fourth-order valence-corrected chi connectivity index (χ4v) is 5.77. The number of hydrogen-bond acceptors (Lipinski definition) is 2. The average Bonchev–Trinajstić information content (AvgIpc) is 2.93. The first kappa shape index (κ1) is 19.0. The molecule has 2 aliphatic heterocycles. The van der Waals surface area contributed by atoms with Gasteiger partial charge in [-0.1, -0.05) is 38.5 Å². The molecule has 2 fully saturated rings. The molecule has 148 valence electrons. The highest BCUT2D eigenvalue weighted by atomic mass is 16.2. The van der Waals surface area contributed by atoms with Crippen LogP contribution in [0.1, 0.15) is 69.9 Å². The first-order valence-corrected chi connectivity index (χ1v) is 10.9. The fourth-order valence-electron chi connectivity index (χ4n) is 5.77. The number of fused-ring (bicyclic) bond motifs is 3. The van der Waals surface area contributed by atoms with Crippen molar-refractivity contribution in [1.82, 2.24) is 4.90 Å². The summed E-state index contributed by atoms with van der Waals surface area (Å²) in [5, 5.41) is 0. The van der Waals surface area contributed by atoms with Crippen LogP contribution in [0.2, 0.25) is 0 Å². The molecule has 3 nitrogen and oxygen atoms in total. The number of nitrogens with zero attached hydrogens (tertiary/aromatic N) is 2. The maximum atomic E-state index is 13.7. The lowest BCUT2D eigenvalue weighted by Crippen LogP contribution is -2.49. The number of aryl methyl sites for hydroxylation is 1. The zero-order chi connectivity index (χ0) is 19.3. The fraction of sp³-hybridized carbons (Fsp3) is 0.708. The van der Waals surface area contributed by atoms with Gasteiger partial charge in [0.2, 0.25) is 5.91 Å². The summed E-state index contributed by atoms with van der Waals surface area (Å²) >= 11 is 0. The number of piperidine rings is 1. The van der Waals surface area contributed by atoms with Gasteiger partial charge in [0.25, 0.3) is 0 Å². The van der Waals surface area contributed by atoms with Crippen molar-refractivity contribution < 1.29 is 4.79 Å². The van der Waals surface area contributed by atoms with Crippen LogP contribution in [-0.2, 0) is 4.79 Å². The zero-order valence-corrected chi connectivity index (χ0v) is 17.8. The van der Waals surface area contributed by atoms with Crippen LogP contribution in [-0.4, -0.2) is 37.0 Å². The van der Waals surface area contributed by atoms with Gasteiger partial charge in [0, 0.05) is 30.1 Å². The highest BCUT2D eigenvalue weighted by molar-refractivity contribution is 5.98. The lowest BCUT2D eigenvalue weighted by atomic mass is 9.69. The van der Waals surface area contributed by atoms with E-state index >= 15 is 0 Å². The smallest absolute Gasteiger partial charge is 0.230 e. The average molecular weight is 369 g/mol. The van der Waals surface area contributed by atoms with Crippen molar-refractivity contribution >= 4 is 11.6 Å². The third-order valence-corrected chi connectivity index (χ3v) is 7.49. The second kappa shape index (κ2) is 6.92. The maximum Gasteiger partial charge on any atom is 0.230 e. The highest BCUT2D eigenvalue weighted by Gasteiger charge is 2.46. The van der Waals surface area contributed by atoms with E-state index in [2.05, 4.69) is 62.7 Å². The summed E-state index contributed by atoms with van der Waals surface area (Å²) in [5.74, 6) is 1.86. The number of carbonyl (C=O) groups is 1. The van der Waals surface area contributed by atoms with Gasteiger partial charge >= 0.3 is 0 Å². The van der Waals surface area contributed by atoms with Crippen LogP contribution in [0, 0.1) is 24.2 Å². The molecule has 2 heterocycles. The summed E-state index contributed by atoms with van der Waals surface area (Å²) in [6.07, 6.45) is 5.63. The molecule has 2 atom stereocenters. The zero-order valence-electron chi connectivity index (χ0n) is 17.8. The van der Waals surface area contributed by atoms with Crippen LogP contribution in [0.25, 0.3) is 0 Å². The summed E-state index contributed by atoms with van der Waals surface area (Å²) in [6, 6.07) is 7.08. The van der Waals surface area contributed by atoms with Crippen LogP contribution >= 0.6 is 0 Å². The van der Waals surface area contributed by atoms with Crippen molar-refractivity contribution in [2.24, 2.45) is 17.3 Å². The van der Waals surface area contributed by atoms with E-state index in [4.69, 9.17) is 0 Å². The molecule has 3 aliphatic rings. The maximum absolute atomic E-state index is 13.7. The van der Waals surface area contributed by atoms with E-state index < -0.39 is 0 Å². The Labute approximate surface area is 165 Å². The van der Waals surface area contributed by atoms with Crippen LogP contribution in [0.3, 0.4) is 0 Å². The molecule has 0 spiro atoms. The van der Waals surface area contributed by atoms with Crippen LogP contribution in [0.4, 0.5) is 5.69 Å². The number of benzene rings is 1. The topological polar surface area (TPSA) is 23.6 Å². The van der Waals surface area contributed by atoms with Crippen molar-refractivity contribution in [3.05, 3.63) is 29.3 Å². The van der Waals surface area contributed by atoms with E-state index in [1.807, 2.05) is 0 Å². The predicted octanol–water partition coefficient (Wildman–Crippen LogP) is 4.98. The molecular weight excluding hydrogens is 332 g/mol. The van der Waals surface area contributed by atoms with Gasteiger partial charge < -0.3 is 9.80 Å².